The van der Waals surface area contributed by atoms with Crippen LogP contribution in [-0.4, -0.2) is 62.3 Å². The molecular formula is C33H33N6O7P. The molecule has 3 aromatic heterocycles. The molecule has 0 saturated carbocycles. The Labute approximate surface area is 269 Å². The van der Waals surface area contributed by atoms with E-state index in [1.165, 1.54) is 0 Å². The highest BCUT2D eigenvalue weighted by atomic mass is 31.2. The summed E-state index contributed by atoms with van der Waals surface area (Å²) in [5, 5.41) is 29.0. The molecule has 6 rings (SSSR count). The number of aromatic hydroxyl groups is 2. The summed E-state index contributed by atoms with van der Waals surface area (Å²) in [6.45, 7) is 0.955. The van der Waals surface area contributed by atoms with Gasteiger partial charge in [0.15, 0.2) is 5.65 Å². The number of fused-ring (bicyclic) bond motifs is 1. The van der Waals surface area contributed by atoms with Gasteiger partial charge in [0.05, 0.1) is 30.8 Å². The molecule has 3 aromatic carbocycles. The number of aromatic nitrogens is 6. The molecular weight excluding hydrogens is 623 g/mol. The topological polar surface area (TPSA) is 177 Å². The molecule has 0 aliphatic heterocycles. The number of hydrogen-bond acceptors (Lipinski definition) is 9. The standard InChI is InChI=1S/C33H33N6O7P/c40-27-11-9-25(10-12-27)31-20-39-32(29(34-31)17-23-5-2-1-3-6-23)35-30(33(39)41)18-24-7-13-28(14-8-24)46-16-4-15-38-19-26(36-37-38)21-45-22-47(42,43)44/h1-3,5-14,19-20,40-41H,4,15-18,21-22H2,(H2,42,43,44). The van der Waals surface area contributed by atoms with E-state index in [1.54, 1.807) is 45.7 Å². The maximum absolute atomic E-state index is 11.3. The lowest BCUT2D eigenvalue weighted by molar-refractivity contribution is 0.142. The van der Waals surface area contributed by atoms with Crippen LogP contribution in [-0.2, 0) is 35.3 Å². The third-order valence-corrected chi connectivity index (χ3v) is 7.81. The smallest absolute Gasteiger partial charge is 0.350 e. The summed E-state index contributed by atoms with van der Waals surface area (Å²) in [4.78, 5) is 27.5. The SMILES string of the molecule is O=P(O)(O)COCc1cn(CCCOc2ccc(Cc3nc4c(Cc5ccccc5)nc(-c5ccc(O)cc5)cn4c3O)cc2)nn1. The predicted molar refractivity (Wildman–Crippen MR) is 172 cm³/mol. The highest BCUT2D eigenvalue weighted by molar-refractivity contribution is 7.51. The minimum Gasteiger partial charge on any atom is -0.508 e. The molecule has 13 nitrogen and oxygen atoms in total. The molecule has 0 fully saturated rings. The monoisotopic (exact) mass is 656 g/mol. The molecule has 0 unspecified atom stereocenters. The van der Waals surface area contributed by atoms with E-state index >= 15 is 0 Å². The molecule has 3 heterocycles. The lowest BCUT2D eigenvalue weighted by Gasteiger charge is -2.08. The minimum atomic E-state index is -4.22. The lowest BCUT2D eigenvalue weighted by atomic mass is 10.1. The summed E-state index contributed by atoms with van der Waals surface area (Å²) in [7, 11) is -4.22. The van der Waals surface area contributed by atoms with E-state index in [0.29, 0.717) is 60.9 Å². The highest BCUT2D eigenvalue weighted by Gasteiger charge is 2.18. The van der Waals surface area contributed by atoms with Crippen molar-refractivity contribution >= 4 is 13.2 Å². The number of phenols is 1. The second-order valence-corrected chi connectivity index (χ2v) is 12.6. The van der Waals surface area contributed by atoms with Crippen molar-refractivity contribution in [3.05, 3.63) is 119 Å². The molecule has 0 saturated heterocycles. The summed E-state index contributed by atoms with van der Waals surface area (Å²) in [5.41, 5.74) is 5.79. The maximum atomic E-state index is 11.3. The van der Waals surface area contributed by atoms with E-state index in [4.69, 9.17) is 29.2 Å². The van der Waals surface area contributed by atoms with Crippen LogP contribution in [0.3, 0.4) is 0 Å². The summed E-state index contributed by atoms with van der Waals surface area (Å²) >= 11 is 0. The zero-order valence-corrected chi connectivity index (χ0v) is 26.1. The van der Waals surface area contributed by atoms with Crippen LogP contribution in [0.1, 0.15) is 34.6 Å². The molecule has 0 amide bonds. The first-order valence-corrected chi connectivity index (χ1v) is 16.7. The van der Waals surface area contributed by atoms with Crippen LogP contribution < -0.4 is 4.74 Å². The first-order chi connectivity index (χ1) is 22.7. The number of nitrogens with zero attached hydrogens (tertiary/aromatic N) is 6. The second-order valence-electron chi connectivity index (χ2n) is 11.0. The Bertz CT molecular complexity index is 1990. The Hall–Kier alpha value is -5.07. The van der Waals surface area contributed by atoms with Crippen molar-refractivity contribution in [2.24, 2.45) is 0 Å². The van der Waals surface area contributed by atoms with Gasteiger partial charge in [-0.1, -0.05) is 47.7 Å². The molecule has 0 aliphatic carbocycles. The summed E-state index contributed by atoms with van der Waals surface area (Å²) in [6.07, 6.45) is 4.36. The van der Waals surface area contributed by atoms with E-state index in [-0.39, 0.29) is 18.2 Å². The van der Waals surface area contributed by atoms with Gasteiger partial charge in [-0.3, -0.25) is 13.6 Å². The molecule has 6 aromatic rings. The summed E-state index contributed by atoms with van der Waals surface area (Å²) < 4.78 is 25.0. The van der Waals surface area contributed by atoms with Crippen LogP contribution in [0.25, 0.3) is 16.9 Å². The maximum Gasteiger partial charge on any atom is 0.350 e. The minimum absolute atomic E-state index is 0.0344. The van der Waals surface area contributed by atoms with Gasteiger partial charge in [-0.25, -0.2) is 9.97 Å². The Morgan fingerprint density at radius 3 is 2.28 bits per heavy atom. The van der Waals surface area contributed by atoms with Gasteiger partial charge < -0.3 is 29.5 Å². The average Bonchev–Trinajstić information content (AvgIpc) is 3.64. The summed E-state index contributed by atoms with van der Waals surface area (Å²) in [6, 6.07) is 24.4. The normalized spacial score (nSPS) is 11.7. The van der Waals surface area contributed by atoms with Gasteiger partial charge in [0.1, 0.15) is 29.2 Å². The van der Waals surface area contributed by atoms with E-state index in [0.717, 1.165) is 22.4 Å². The van der Waals surface area contributed by atoms with Crippen molar-refractivity contribution in [1.29, 1.82) is 0 Å². The largest absolute Gasteiger partial charge is 0.508 e. The fraction of sp³-hybridized carbons (Fsp3) is 0.212. The first-order valence-electron chi connectivity index (χ1n) is 14.9. The number of phenolic OH excluding ortho intramolecular Hbond substituents is 1. The Morgan fingerprint density at radius 2 is 1.53 bits per heavy atom. The van der Waals surface area contributed by atoms with Crippen LogP contribution in [0.2, 0.25) is 0 Å². The molecule has 0 aliphatic rings. The van der Waals surface area contributed by atoms with Crippen molar-refractivity contribution in [2.45, 2.75) is 32.4 Å². The van der Waals surface area contributed by atoms with Crippen LogP contribution in [0, 0.1) is 0 Å². The molecule has 14 heteroatoms. The fourth-order valence-corrected chi connectivity index (χ4v) is 5.37. The quantitative estimate of drug-likeness (QED) is 0.0944. The molecule has 0 atom stereocenters. The number of aryl methyl sites for hydroxylation is 1. The van der Waals surface area contributed by atoms with Crippen molar-refractivity contribution in [2.75, 3.05) is 13.0 Å². The molecule has 0 radical (unpaired) electrons. The molecule has 4 N–H and O–H groups in total. The van der Waals surface area contributed by atoms with Crippen LogP contribution in [0.4, 0.5) is 0 Å². The zero-order valence-electron chi connectivity index (χ0n) is 25.3. The third kappa shape index (κ3) is 8.40. The van der Waals surface area contributed by atoms with Crippen LogP contribution in [0.5, 0.6) is 17.4 Å². The van der Waals surface area contributed by atoms with Crippen LogP contribution >= 0.6 is 7.60 Å². The predicted octanol–water partition coefficient (Wildman–Crippen LogP) is 4.70. The molecule has 47 heavy (non-hydrogen) atoms. The fourth-order valence-electron chi connectivity index (χ4n) is 5.04. The number of hydrogen-bond donors (Lipinski definition) is 4. The van der Waals surface area contributed by atoms with E-state index in [2.05, 4.69) is 10.3 Å². The van der Waals surface area contributed by atoms with E-state index < -0.39 is 13.9 Å². The number of benzene rings is 3. The molecule has 242 valence electrons. The van der Waals surface area contributed by atoms with Crippen molar-refractivity contribution < 1.29 is 34.0 Å². The van der Waals surface area contributed by atoms with E-state index in [1.807, 2.05) is 54.6 Å². The molecule has 0 spiro atoms. The zero-order chi connectivity index (χ0) is 32.8. The van der Waals surface area contributed by atoms with Gasteiger partial charge in [-0.2, -0.15) is 0 Å². The van der Waals surface area contributed by atoms with Crippen molar-refractivity contribution in [1.82, 2.24) is 29.4 Å². The third-order valence-electron chi connectivity index (χ3n) is 7.29. The van der Waals surface area contributed by atoms with Crippen molar-refractivity contribution in [3.8, 4) is 28.6 Å². The van der Waals surface area contributed by atoms with Gasteiger partial charge in [0.2, 0.25) is 5.88 Å². The van der Waals surface area contributed by atoms with Gasteiger partial charge in [-0.05, 0) is 47.5 Å². The number of ether oxygens (including phenoxy) is 2. The number of rotatable bonds is 14. The van der Waals surface area contributed by atoms with Gasteiger partial charge in [0, 0.05) is 37.6 Å². The highest BCUT2D eigenvalue weighted by Crippen LogP contribution is 2.34. The Kier molecular flexibility index (Phi) is 9.60. The summed E-state index contributed by atoms with van der Waals surface area (Å²) in [5.74, 6) is 0.907. The second kappa shape index (κ2) is 14.1. The van der Waals surface area contributed by atoms with Gasteiger partial charge >= 0.3 is 7.60 Å². The molecule has 0 bridgehead atoms. The Balaban J connectivity index is 1.10. The van der Waals surface area contributed by atoms with E-state index in [9.17, 15) is 14.8 Å². The Morgan fingerprint density at radius 1 is 0.809 bits per heavy atom. The average molecular weight is 657 g/mol. The number of imidazole rings is 1. The van der Waals surface area contributed by atoms with Gasteiger partial charge in [-0.15, -0.1) is 5.10 Å². The van der Waals surface area contributed by atoms with Gasteiger partial charge in [0.25, 0.3) is 0 Å². The first kappa shape index (κ1) is 31.9. The van der Waals surface area contributed by atoms with Crippen LogP contribution in [0.15, 0.2) is 91.3 Å². The lowest BCUT2D eigenvalue weighted by Crippen LogP contribution is -2.05. The van der Waals surface area contributed by atoms with Crippen molar-refractivity contribution in [3.63, 3.8) is 0 Å².